The molecule has 0 bridgehead atoms. The normalized spacial score (nSPS) is 19.1. The summed E-state index contributed by atoms with van der Waals surface area (Å²) in [4.78, 5) is 18.8. The number of methoxy groups -OCH3 is 1. The summed E-state index contributed by atoms with van der Waals surface area (Å²) in [5.41, 5.74) is 1.91. The fraction of sp³-hybridized carbons (Fsp3) is 0.600. The minimum atomic E-state index is -0.374. The van der Waals surface area contributed by atoms with Crippen molar-refractivity contribution in [3.8, 4) is 5.88 Å². The van der Waals surface area contributed by atoms with Gasteiger partial charge in [-0.25, -0.2) is 14.3 Å². The summed E-state index contributed by atoms with van der Waals surface area (Å²) in [6.07, 6.45) is 4.90. The predicted octanol–water partition coefficient (Wildman–Crippen LogP) is 1.25. The molecule has 8 heteroatoms. The Morgan fingerprint density at radius 3 is 2.91 bits per heavy atom. The summed E-state index contributed by atoms with van der Waals surface area (Å²) < 4.78 is 8.82. The van der Waals surface area contributed by atoms with Gasteiger partial charge in [0.2, 0.25) is 11.8 Å². The van der Waals surface area contributed by atoms with E-state index in [0.717, 1.165) is 36.5 Å². The minimum absolute atomic E-state index is 0.00267. The fourth-order valence-electron chi connectivity index (χ4n) is 3.38. The van der Waals surface area contributed by atoms with Crippen LogP contribution in [-0.2, 0) is 11.8 Å². The van der Waals surface area contributed by atoms with Crippen molar-refractivity contribution in [1.82, 2.24) is 29.4 Å². The van der Waals surface area contributed by atoms with Crippen molar-refractivity contribution >= 4 is 5.91 Å². The van der Waals surface area contributed by atoms with Gasteiger partial charge in [0.25, 0.3) is 0 Å². The molecule has 3 heterocycles. The van der Waals surface area contributed by atoms with Crippen LogP contribution in [0, 0.1) is 6.92 Å². The van der Waals surface area contributed by atoms with Crippen LogP contribution in [0.2, 0.25) is 0 Å². The summed E-state index contributed by atoms with van der Waals surface area (Å²) in [7, 11) is 3.49. The van der Waals surface area contributed by atoms with Crippen molar-refractivity contribution in [2.75, 3.05) is 13.7 Å². The predicted molar refractivity (Wildman–Crippen MR) is 82.9 cm³/mol. The van der Waals surface area contributed by atoms with E-state index in [1.165, 1.54) is 6.33 Å². The number of likely N-dealkylation sites (tertiary alicyclic amines) is 1. The van der Waals surface area contributed by atoms with Gasteiger partial charge in [-0.05, 0) is 26.7 Å². The first-order valence-corrected chi connectivity index (χ1v) is 7.76. The van der Waals surface area contributed by atoms with Crippen molar-refractivity contribution in [2.45, 2.75) is 38.8 Å². The van der Waals surface area contributed by atoms with Gasteiger partial charge in [0.05, 0.1) is 24.4 Å². The van der Waals surface area contributed by atoms with Crippen LogP contribution in [0.4, 0.5) is 0 Å². The maximum atomic E-state index is 12.9. The van der Waals surface area contributed by atoms with Gasteiger partial charge in [-0.1, -0.05) is 0 Å². The van der Waals surface area contributed by atoms with E-state index in [-0.39, 0.29) is 18.0 Å². The van der Waals surface area contributed by atoms with Crippen LogP contribution in [0.1, 0.15) is 43.1 Å². The smallest absolute Gasteiger partial charge is 0.247 e. The van der Waals surface area contributed by atoms with Crippen molar-refractivity contribution in [2.24, 2.45) is 7.05 Å². The average Bonchev–Trinajstić information content (AvgIpc) is 3.24. The van der Waals surface area contributed by atoms with E-state index in [9.17, 15) is 4.79 Å². The molecule has 0 aromatic carbocycles. The lowest BCUT2D eigenvalue weighted by atomic mass is 10.0. The number of aromatic nitrogens is 5. The second-order valence-corrected chi connectivity index (χ2v) is 5.87. The van der Waals surface area contributed by atoms with E-state index in [0.29, 0.717) is 0 Å². The lowest BCUT2D eigenvalue weighted by Crippen LogP contribution is -2.36. The van der Waals surface area contributed by atoms with E-state index in [1.54, 1.807) is 22.8 Å². The largest absolute Gasteiger partial charge is 0.481 e. The number of carbonyl (C=O) groups excluding carboxylic acids is 1. The molecular weight excluding hydrogens is 296 g/mol. The summed E-state index contributed by atoms with van der Waals surface area (Å²) in [6, 6.07) is -0.377. The first-order chi connectivity index (χ1) is 11.0. The monoisotopic (exact) mass is 318 g/mol. The quantitative estimate of drug-likeness (QED) is 0.848. The molecule has 8 nitrogen and oxygen atoms in total. The van der Waals surface area contributed by atoms with Crippen LogP contribution < -0.4 is 4.74 Å². The maximum absolute atomic E-state index is 12.9. The van der Waals surface area contributed by atoms with E-state index < -0.39 is 0 Å². The number of aryl methyl sites for hydroxylation is 2. The molecule has 0 saturated carbocycles. The lowest BCUT2D eigenvalue weighted by Gasteiger charge is -2.27. The van der Waals surface area contributed by atoms with Crippen LogP contribution >= 0.6 is 0 Å². The fourth-order valence-corrected chi connectivity index (χ4v) is 3.38. The number of amides is 1. The Hall–Kier alpha value is -2.38. The molecule has 1 saturated heterocycles. The standard InChI is InChI=1S/C15H22N6O2/c1-10-13(15(23-4)19(3)18-10)12-6-5-7-20(12)14(22)11(2)21-9-16-8-17-21/h8-9,11-12H,5-7H2,1-4H3. The number of rotatable bonds is 4. The molecule has 2 aromatic rings. The second kappa shape index (κ2) is 6.02. The Bertz CT molecular complexity index is 693. The highest BCUT2D eigenvalue weighted by Gasteiger charge is 2.37. The third-order valence-electron chi connectivity index (χ3n) is 4.47. The van der Waals surface area contributed by atoms with Gasteiger partial charge in [-0.15, -0.1) is 0 Å². The topological polar surface area (TPSA) is 78.1 Å². The molecule has 1 aliphatic heterocycles. The Balaban J connectivity index is 1.90. The van der Waals surface area contributed by atoms with Crippen LogP contribution in [-0.4, -0.2) is 49.0 Å². The number of hydrogen-bond acceptors (Lipinski definition) is 5. The molecule has 0 radical (unpaired) electrons. The Kier molecular flexibility index (Phi) is 4.06. The molecule has 2 unspecified atom stereocenters. The molecule has 1 amide bonds. The van der Waals surface area contributed by atoms with Crippen LogP contribution in [0.15, 0.2) is 12.7 Å². The maximum Gasteiger partial charge on any atom is 0.247 e. The van der Waals surface area contributed by atoms with Gasteiger partial charge in [0, 0.05) is 13.6 Å². The highest BCUT2D eigenvalue weighted by Crippen LogP contribution is 2.39. The Morgan fingerprint density at radius 2 is 2.26 bits per heavy atom. The SMILES string of the molecule is COc1c(C2CCCN2C(=O)C(C)n2cncn2)c(C)nn1C. The highest BCUT2D eigenvalue weighted by molar-refractivity contribution is 5.80. The molecular formula is C15H22N6O2. The molecule has 2 aromatic heterocycles. The zero-order valence-electron chi connectivity index (χ0n) is 13.9. The molecule has 0 spiro atoms. The van der Waals surface area contributed by atoms with E-state index in [4.69, 9.17) is 4.74 Å². The Labute approximate surface area is 135 Å². The van der Waals surface area contributed by atoms with Crippen LogP contribution in [0.5, 0.6) is 5.88 Å². The number of nitrogens with zero attached hydrogens (tertiary/aromatic N) is 6. The van der Waals surface area contributed by atoms with Crippen molar-refractivity contribution < 1.29 is 9.53 Å². The number of carbonyl (C=O) groups is 1. The van der Waals surface area contributed by atoms with Crippen molar-refractivity contribution in [1.29, 1.82) is 0 Å². The van der Waals surface area contributed by atoms with Crippen molar-refractivity contribution in [3.05, 3.63) is 23.9 Å². The molecule has 1 fully saturated rings. The van der Waals surface area contributed by atoms with Crippen LogP contribution in [0.3, 0.4) is 0 Å². The van der Waals surface area contributed by atoms with Gasteiger partial charge in [0.15, 0.2) is 0 Å². The van der Waals surface area contributed by atoms with Gasteiger partial charge in [-0.3, -0.25) is 4.79 Å². The van der Waals surface area contributed by atoms with Gasteiger partial charge < -0.3 is 9.64 Å². The van der Waals surface area contributed by atoms with E-state index >= 15 is 0 Å². The van der Waals surface area contributed by atoms with E-state index in [2.05, 4.69) is 15.2 Å². The molecule has 0 aliphatic carbocycles. The molecule has 124 valence electrons. The van der Waals surface area contributed by atoms with Gasteiger partial charge >= 0.3 is 0 Å². The van der Waals surface area contributed by atoms with Gasteiger partial charge in [-0.2, -0.15) is 10.2 Å². The number of ether oxygens (including phenoxy) is 1. The minimum Gasteiger partial charge on any atom is -0.481 e. The highest BCUT2D eigenvalue weighted by atomic mass is 16.5. The Morgan fingerprint density at radius 1 is 1.48 bits per heavy atom. The van der Waals surface area contributed by atoms with Gasteiger partial charge in [0.1, 0.15) is 18.7 Å². The van der Waals surface area contributed by atoms with E-state index in [1.807, 2.05) is 25.8 Å². The summed E-state index contributed by atoms with van der Waals surface area (Å²) in [6.45, 7) is 4.54. The summed E-state index contributed by atoms with van der Waals surface area (Å²) >= 11 is 0. The zero-order valence-corrected chi connectivity index (χ0v) is 13.9. The third kappa shape index (κ3) is 2.58. The molecule has 3 rings (SSSR count). The average molecular weight is 318 g/mol. The second-order valence-electron chi connectivity index (χ2n) is 5.87. The van der Waals surface area contributed by atoms with Crippen molar-refractivity contribution in [3.63, 3.8) is 0 Å². The molecule has 2 atom stereocenters. The molecule has 1 aliphatic rings. The molecule has 0 N–H and O–H groups in total. The number of hydrogen-bond donors (Lipinski definition) is 0. The lowest BCUT2D eigenvalue weighted by molar-refractivity contribution is -0.135. The first-order valence-electron chi connectivity index (χ1n) is 7.76. The zero-order chi connectivity index (χ0) is 16.6. The molecule has 23 heavy (non-hydrogen) atoms. The van der Waals surface area contributed by atoms with Crippen LogP contribution in [0.25, 0.3) is 0 Å². The first kappa shape index (κ1) is 15.5. The third-order valence-corrected chi connectivity index (χ3v) is 4.47. The summed E-state index contributed by atoms with van der Waals surface area (Å²) in [5.74, 6) is 0.768. The summed E-state index contributed by atoms with van der Waals surface area (Å²) in [5, 5.41) is 8.52.